The van der Waals surface area contributed by atoms with E-state index in [1.54, 1.807) is 56.3 Å². The van der Waals surface area contributed by atoms with Gasteiger partial charge >= 0.3 is 0 Å². The number of carbonyl (C=O) groups is 2. The van der Waals surface area contributed by atoms with E-state index in [4.69, 9.17) is 11.6 Å². The average Bonchev–Trinajstić information content (AvgIpc) is 2.88. The molecule has 1 N–H and O–H groups in total. The number of likely N-dealkylation sites (N-methyl/N-ethyl adjacent to an activating group) is 1. The lowest BCUT2D eigenvalue weighted by atomic mass is 10.1. The number of hydrogen-bond donors (Lipinski definition) is 1. The van der Waals surface area contributed by atoms with E-state index in [0.717, 1.165) is 4.31 Å². The molecule has 0 aliphatic carbocycles. The summed E-state index contributed by atoms with van der Waals surface area (Å²) in [4.78, 5) is 27.6. The normalized spacial score (nSPS) is 12.0. The molecule has 37 heavy (non-hydrogen) atoms. The number of nitrogens with one attached hydrogen (secondary N) is 1. The average molecular weight is 546 g/mol. The summed E-state index contributed by atoms with van der Waals surface area (Å²) in [5.74, 6) is -1.66. The number of nitrogens with zero attached hydrogens (tertiary/aromatic N) is 2. The smallest absolute Gasteiger partial charge is 0.264 e. The molecule has 0 saturated heterocycles. The minimum Gasteiger partial charge on any atom is -0.355 e. The summed E-state index contributed by atoms with van der Waals surface area (Å²) in [6, 6.07) is 17.4. The number of carbonyl (C=O) groups excluding carboxylic acids is 2. The van der Waals surface area contributed by atoms with Crippen LogP contribution in [-0.2, 0) is 26.2 Å². The third kappa shape index (κ3) is 6.47. The van der Waals surface area contributed by atoms with Crippen molar-refractivity contribution in [2.75, 3.05) is 17.4 Å². The number of amides is 2. The van der Waals surface area contributed by atoms with Gasteiger partial charge in [0.2, 0.25) is 11.8 Å². The first-order valence-electron chi connectivity index (χ1n) is 11.7. The van der Waals surface area contributed by atoms with Crippen molar-refractivity contribution >= 4 is 39.1 Å². The van der Waals surface area contributed by atoms with Gasteiger partial charge in [0.15, 0.2) is 0 Å². The minimum atomic E-state index is -4.21. The Morgan fingerprint density at radius 1 is 1.00 bits per heavy atom. The molecule has 3 rings (SSSR count). The van der Waals surface area contributed by atoms with E-state index in [1.807, 2.05) is 0 Å². The van der Waals surface area contributed by atoms with Gasteiger partial charge in [0, 0.05) is 23.7 Å². The van der Waals surface area contributed by atoms with Gasteiger partial charge in [-0.25, -0.2) is 12.8 Å². The van der Waals surface area contributed by atoms with E-state index < -0.39 is 40.2 Å². The maximum Gasteiger partial charge on any atom is 0.264 e. The Kier molecular flexibility index (Phi) is 9.29. The Morgan fingerprint density at radius 2 is 1.65 bits per heavy atom. The molecule has 2 amide bonds. The lowest BCUT2D eigenvalue weighted by molar-refractivity contribution is -0.139. The second-order valence-corrected chi connectivity index (χ2v) is 10.7. The molecule has 10 heteroatoms. The Balaban J connectivity index is 2.08. The molecule has 0 bridgehead atoms. The monoisotopic (exact) mass is 545 g/mol. The van der Waals surface area contributed by atoms with Crippen LogP contribution in [0.4, 0.5) is 10.1 Å². The zero-order chi connectivity index (χ0) is 27.2. The Labute approximate surface area is 221 Å². The number of benzene rings is 3. The highest BCUT2D eigenvalue weighted by Crippen LogP contribution is 2.31. The van der Waals surface area contributed by atoms with E-state index in [9.17, 15) is 22.4 Å². The van der Waals surface area contributed by atoms with Crippen LogP contribution in [0.15, 0.2) is 77.7 Å². The van der Waals surface area contributed by atoms with Crippen molar-refractivity contribution in [1.29, 1.82) is 0 Å². The van der Waals surface area contributed by atoms with Gasteiger partial charge in [-0.05, 0) is 56.7 Å². The second-order valence-electron chi connectivity index (χ2n) is 8.39. The van der Waals surface area contributed by atoms with Crippen LogP contribution in [0.25, 0.3) is 0 Å². The maximum absolute atomic E-state index is 14.5. The molecule has 1 atom stereocenters. The van der Waals surface area contributed by atoms with E-state index in [0.29, 0.717) is 17.1 Å². The Hall–Kier alpha value is -3.43. The molecule has 0 heterocycles. The van der Waals surface area contributed by atoms with E-state index in [1.165, 1.54) is 42.2 Å². The van der Waals surface area contributed by atoms with Crippen molar-refractivity contribution < 1.29 is 22.4 Å². The molecular weight excluding hydrogens is 517 g/mol. The van der Waals surface area contributed by atoms with Crippen molar-refractivity contribution in [1.82, 2.24) is 10.2 Å². The van der Waals surface area contributed by atoms with Crippen molar-refractivity contribution in [3.8, 4) is 0 Å². The summed E-state index contributed by atoms with van der Waals surface area (Å²) in [5, 5.41) is 2.99. The number of anilines is 1. The van der Waals surface area contributed by atoms with E-state index in [2.05, 4.69) is 5.32 Å². The van der Waals surface area contributed by atoms with Crippen molar-refractivity contribution in [3.05, 3.63) is 94.8 Å². The zero-order valence-corrected chi connectivity index (χ0v) is 22.4. The lowest BCUT2D eigenvalue weighted by Crippen LogP contribution is -2.51. The third-order valence-electron chi connectivity index (χ3n) is 5.93. The van der Waals surface area contributed by atoms with Crippen LogP contribution in [0.5, 0.6) is 0 Å². The molecule has 0 aliphatic heterocycles. The summed E-state index contributed by atoms with van der Waals surface area (Å²) in [6.07, 6.45) is 0. The van der Waals surface area contributed by atoms with Crippen molar-refractivity contribution in [2.45, 2.75) is 38.3 Å². The molecule has 7 nitrogen and oxygen atoms in total. The summed E-state index contributed by atoms with van der Waals surface area (Å²) in [6.45, 7) is 4.40. The lowest BCUT2D eigenvalue weighted by Gasteiger charge is -2.32. The number of halogens is 2. The van der Waals surface area contributed by atoms with E-state index >= 15 is 0 Å². The first kappa shape index (κ1) is 28.1. The first-order valence-corrected chi connectivity index (χ1v) is 13.5. The fourth-order valence-electron chi connectivity index (χ4n) is 3.81. The van der Waals surface area contributed by atoms with Crippen LogP contribution in [0, 0.1) is 12.7 Å². The van der Waals surface area contributed by atoms with Gasteiger partial charge < -0.3 is 10.2 Å². The quantitative estimate of drug-likeness (QED) is 0.405. The van der Waals surface area contributed by atoms with Crippen molar-refractivity contribution in [2.24, 2.45) is 0 Å². The summed E-state index contributed by atoms with van der Waals surface area (Å²) >= 11 is 6.29. The van der Waals surface area contributed by atoms with Gasteiger partial charge in [0.25, 0.3) is 10.0 Å². The molecule has 0 aromatic heterocycles. The highest BCUT2D eigenvalue weighted by molar-refractivity contribution is 7.92. The molecule has 0 fully saturated rings. The van der Waals surface area contributed by atoms with Crippen LogP contribution in [-0.4, -0.2) is 44.3 Å². The third-order valence-corrected chi connectivity index (χ3v) is 8.12. The number of rotatable bonds is 10. The predicted octanol–water partition coefficient (Wildman–Crippen LogP) is 4.54. The van der Waals surface area contributed by atoms with Gasteiger partial charge in [0.05, 0.1) is 10.6 Å². The maximum atomic E-state index is 14.5. The van der Waals surface area contributed by atoms with Crippen molar-refractivity contribution in [3.63, 3.8) is 0 Å². The molecule has 3 aromatic carbocycles. The van der Waals surface area contributed by atoms with Gasteiger partial charge in [-0.2, -0.15) is 0 Å². The van der Waals surface area contributed by atoms with Crippen LogP contribution < -0.4 is 9.62 Å². The second kappa shape index (κ2) is 12.2. The highest BCUT2D eigenvalue weighted by Gasteiger charge is 2.33. The molecular formula is C27H29ClFN3O4S. The van der Waals surface area contributed by atoms with Gasteiger partial charge in [-0.15, -0.1) is 0 Å². The molecule has 0 radical (unpaired) electrons. The Bertz CT molecular complexity index is 1370. The van der Waals surface area contributed by atoms with Crippen LogP contribution in [0.1, 0.15) is 25.0 Å². The van der Waals surface area contributed by atoms with Gasteiger partial charge in [-0.3, -0.25) is 13.9 Å². The van der Waals surface area contributed by atoms with Crippen LogP contribution in [0.2, 0.25) is 5.02 Å². The summed E-state index contributed by atoms with van der Waals surface area (Å²) in [5.41, 5.74) is 0.888. The highest BCUT2D eigenvalue weighted by atomic mass is 35.5. The van der Waals surface area contributed by atoms with Gasteiger partial charge in [-0.1, -0.05) is 54.1 Å². The predicted molar refractivity (Wildman–Crippen MR) is 142 cm³/mol. The molecule has 0 aliphatic rings. The summed E-state index contributed by atoms with van der Waals surface area (Å²) < 4.78 is 43.0. The SMILES string of the molecule is CCNC(=O)C(C)N(Cc1ccccc1F)C(=O)CN(c1cccc(Cl)c1C)S(=O)(=O)c1ccccc1. The summed E-state index contributed by atoms with van der Waals surface area (Å²) in [7, 11) is -4.21. The first-order chi connectivity index (χ1) is 17.6. The molecule has 1 unspecified atom stereocenters. The molecule has 196 valence electrons. The minimum absolute atomic E-state index is 0.0143. The largest absolute Gasteiger partial charge is 0.355 e. The molecule has 3 aromatic rings. The fourth-order valence-corrected chi connectivity index (χ4v) is 5.48. The van der Waals surface area contributed by atoms with Gasteiger partial charge in [0.1, 0.15) is 18.4 Å². The molecule has 0 spiro atoms. The Morgan fingerprint density at radius 3 is 2.30 bits per heavy atom. The van der Waals surface area contributed by atoms with Crippen LogP contribution in [0.3, 0.4) is 0 Å². The molecule has 0 saturated carbocycles. The number of hydrogen-bond acceptors (Lipinski definition) is 4. The topological polar surface area (TPSA) is 86.8 Å². The van der Waals surface area contributed by atoms with Crippen LogP contribution >= 0.6 is 11.6 Å². The zero-order valence-electron chi connectivity index (χ0n) is 20.8. The fraction of sp³-hybridized carbons (Fsp3) is 0.259. The van der Waals surface area contributed by atoms with E-state index in [-0.39, 0.29) is 22.7 Å². The standard InChI is InChI=1S/C27H29ClFN3O4S/c1-4-30-27(34)20(3)31(17-21-11-8-9-15-24(21)29)26(33)18-32(25-16-10-14-23(28)19(25)2)37(35,36)22-12-6-5-7-13-22/h5-16,20H,4,17-18H2,1-3H3,(H,30,34). The number of sulfonamides is 1.